The van der Waals surface area contributed by atoms with Gasteiger partial charge >= 0.3 is 0 Å². The van der Waals surface area contributed by atoms with Crippen LogP contribution in [0.1, 0.15) is 12.6 Å². The number of H-pyrrole nitrogens is 1. The molecule has 0 spiro atoms. The number of aromatic nitrogens is 2. The van der Waals surface area contributed by atoms with Crippen LogP contribution in [0.15, 0.2) is 18.2 Å². The number of fused-ring (bicyclic) bond motifs is 1. The van der Waals surface area contributed by atoms with Crippen LogP contribution in [0.25, 0.3) is 10.9 Å². The molecular formula is C12H10N4O3. The molecule has 0 unspecified atom stereocenters. The van der Waals surface area contributed by atoms with Crippen LogP contribution < -0.4 is 5.32 Å². The number of nitro benzene ring substituents is 1. The molecule has 2 rings (SSSR count). The topological polar surface area (TPSA) is 101 Å². The van der Waals surface area contributed by atoms with Crippen LogP contribution in [0.2, 0.25) is 0 Å². The molecule has 19 heavy (non-hydrogen) atoms. The van der Waals surface area contributed by atoms with Gasteiger partial charge in [-0.25, -0.2) is 0 Å². The molecule has 7 nitrogen and oxygen atoms in total. The van der Waals surface area contributed by atoms with Crippen molar-refractivity contribution >= 4 is 22.5 Å². The number of carbonyl (C=O) groups excluding carboxylic acids is 1. The summed E-state index contributed by atoms with van der Waals surface area (Å²) in [5, 5.41) is 20.5. The molecule has 0 aliphatic heterocycles. The van der Waals surface area contributed by atoms with Gasteiger partial charge in [-0.15, -0.1) is 0 Å². The monoisotopic (exact) mass is 258 g/mol. The zero-order valence-corrected chi connectivity index (χ0v) is 10.1. The first-order valence-corrected chi connectivity index (χ1v) is 5.44. The molecule has 2 aromatic rings. The fourth-order valence-electron chi connectivity index (χ4n) is 1.57. The molecule has 0 fully saturated rings. The Labute approximate surface area is 108 Å². The van der Waals surface area contributed by atoms with Gasteiger partial charge in [0.25, 0.3) is 5.69 Å². The van der Waals surface area contributed by atoms with Crippen LogP contribution in [0, 0.1) is 22.0 Å². The summed E-state index contributed by atoms with van der Waals surface area (Å²) in [4.78, 5) is 21.0. The summed E-state index contributed by atoms with van der Waals surface area (Å²) in [6.45, 7) is 1.61. The van der Waals surface area contributed by atoms with Crippen LogP contribution in [-0.4, -0.2) is 27.6 Å². The predicted molar refractivity (Wildman–Crippen MR) is 68.3 cm³/mol. The Kier molecular flexibility index (Phi) is 3.43. The first kappa shape index (κ1) is 12.6. The predicted octanol–water partition coefficient (Wildman–Crippen LogP) is 0.959. The van der Waals surface area contributed by atoms with Gasteiger partial charge in [0.2, 0.25) is 5.91 Å². The molecule has 0 aliphatic rings. The molecular weight excluding hydrogens is 248 g/mol. The number of nitrogens with zero attached hydrogens (tertiary/aromatic N) is 2. The Hall–Kier alpha value is -2.88. The van der Waals surface area contributed by atoms with Crippen molar-refractivity contribution in [1.29, 1.82) is 0 Å². The molecule has 1 aromatic heterocycles. The summed E-state index contributed by atoms with van der Waals surface area (Å²) in [6.07, 6.45) is 0. The third-order valence-corrected chi connectivity index (χ3v) is 2.40. The molecule has 1 aromatic carbocycles. The van der Waals surface area contributed by atoms with E-state index >= 15 is 0 Å². The SMILES string of the molecule is CC(=O)NCC#Cc1[nH]nc2c([N+](=O)[O-])cccc12. The number of hydrogen-bond donors (Lipinski definition) is 2. The van der Waals surface area contributed by atoms with E-state index in [-0.39, 0.29) is 23.7 Å². The third-order valence-electron chi connectivity index (χ3n) is 2.40. The molecule has 1 amide bonds. The van der Waals surface area contributed by atoms with Gasteiger partial charge in [0.05, 0.1) is 11.5 Å². The fraction of sp³-hybridized carbons (Fsp3) is 0.167. The van der Waals surface area contributed by atoms with Gasteiger partial charge in [-0.2, -0.15) is 5.10 Å². The molecule has 0 aliphatic carbocycles. The molecule has 0 radical (unpaired) electrons. The van der Waals surface area contributed by atoms with Gasteiger partial charge in [0.15, 0.2) is 5.52 Å². The maximum absolute atomic E-state index is 10.8. The Morgan fingerprint density at radius 2 is 2.37 bits per heavy atom. The van der Waals surface area contributed by atoms with Crippen LogP contribution in [0.4, 0.5) is 5.69 Å². The van der Waals surface area contributed by atoms with Crippen LogP contribution in [-0.2, 0) is 4.79 Å². The van der Waals surface area contributed by atoms with E-state index in [9.17, 15) is 14.9 Å². The van der Waals surface area contributed by atoms with E-state index in [0.29, 0.717) is 11.1 Å². The molecule has 7 heteroatoms. The Bertz CT molecular complexity index is 709. The number of benzene rings is 1. The highest BCUT2D eigenvalue weighted by Crippen LogP contribution is 2.24. The molecule has 1 heterocycles. The summed E-state index contributed by atoms with van der Waals surface area (Å²) < 4.78 is 0. The summed E-state index contributed by atoms with van der Waals surface area (Å²) >= 11 is 0. The second-order valence-corrected chi connectivity index (χ2v) is 3.74. The highest BCUT2D eigenvalue weighted by Gasteiger charge is 2.15. The number of nitro groups is 1. The van der Waals surface area contributed by atoms with Gasteiger partial charge in [-0.05, 0) is 12.0 Å². The highest BCUT2D eigenvalue weighted by molar-refractivity contribution is 5.90. The number of nitrogens with one attached hydrogen (secondary N) is 2. The first-order chi connectivity index (χ1) is 9.09. The summed E-state index contributed by atoms with van der Waals surface area (Å²) in [7, 11) is 0. The Morgan fingerprint density at radius 1 is 1.58 bits per heavy atom. The minimum Gasteiger partial charge on any atom is -0.345 e. The van der Waals surface area contributed by atoms with Gasteiger partial charge in [-0.3, -0.25) is 20.0 Å². The minimum absolute atomic E-state index is 0.0661. The number of carbonyl (C=O) groups is 1. The number of hydrogen-bond acceptors (Lipinski definition) is 4. The quantitative estimate of drug-likeness (QED) is 0.476. The number of aromatic amines is 1. The lowest BCUT2D eigenvalue weighted by molar-refractivity contribution is -0.383. The van der Waals surface area contributed by atoms with E-state index in [1.54, 1.807) is 12.1 Å². The van der Waals surface area contributed by atoms with Crippen molar-refractivity contribution in [3.05, 3.63) is 34.0 Å². The van der Waals surface area contributed by atoms with E-state index in [4.69, 9.17) is 0 Å². The van der Waals surface area contributed by atoms with Crippen LogP contribution >= 0.6 is 0 Å². The van der Waals surface area contributed by atoms with Crippen molar-refractivity contribution in [2.45, 2.75) is 6.92 Å². The largest absolute Gasteiger partial charge is 0.345 e. The molecule has 96 valence electrons. The van der Waals surface area contributed by atoms with Crippen molar-refractivity contribution < 1.29 is 9.72 Å². The van der Waals surface area contributed by atoms with Crippen molar-refractivity contribution in [3.8, 4) is 11.8 Å². The highest BCUT2D eigenvalue weighted by atomic mass is 16.6. The standard InChI is InChI=1S/C12H10N4O3/c1-8(17)13-7-3-5-10-9-4-2-6-11(16(18)19)12(9)15-14-10/h2,4,6H,7H2,1H3,(H,13,17)(H,14,15). The van der Waals surface area contributed by atoms with Crippen LogP contribution in [0.5, 0.6) is 0 Å². The maximum atomic E-state index is 10.8. The Balaban J connectivity index is 2.33. The minimum atomic E-state index is -0.488. The number of rotatable bonds is 2. The fourth-order valence-corrected chi connectivity index (χ4v) is 1.57. The van der Waals surface area contributed by atoms with Gasteiger partial charge in [0, 0.05) is 18.4 Å². The summed E-state index contributed by atoms with van der Waals surface area (Å²) in [6, 6.07) is 4.67. The Morgan fingerprint density at radius 3 is 3.05 bits per heavy atom. The summed E-state index contributed by atoms with van der Waals surface area (Å²) in [5.74, 6) is 5.35. The van der Waals surface area contributed by atoms with E-state index < -0.39 is 4.92 Å². The van der Waals surface area contributed by atoms with E-state index in [1.165, 1.54) is 13.0 Å². The van der Waals surface area contributed by atoms with Crippen molar-refractivity contribution in [2.75, 3.05) is 6.54 Å². The van der Waals surface area contributed by atoms with Gasteiger partial charge in [-0.1, -0.05) is 12.0 Å². The number of amides is 1. The number of non-ortho nitro benzene ring substituents is 1. The zero-order valence-electron chi connectivity index (χ0n) is 10.1. The second-order valence-electron chi connectivity index (χ2n) is 3.74. The van der Waals surface area contributed by atoms with Crippen molar-refractivity contribution in [3.63, 3.8) is 0 Å². The van der Waals surface area contributed by atoms with Crippen LogP contribution in [0.3, 0.4) is 0 Å². The van der Waals surface area contributed by atoms with Gasteiger partial charge < -0.3 is 5.32 Å². The molecule has 0 saturated carbocycles. The van der Waals surface area contributed by atoms with Crippen molar-refractivity contribution in [1.82, 2.24) is 15.5 Å². The maximum Gasteiger partial charge on any atom is 0.297 e. The second kappa shape index (κ2) is 5.18. The molecule has 0 saturated heterocycles. The smallest absolute Gasteiger partial charge is 0.297 e. The molecule has 2 N–H and O–H groups in total. The van der Waals surface area contributed by atoms with E-state index in [1.807, 2.05) is 0 Å². The first-order valence-electron chi connectivity index (χ1n) is 5.44. The molecule has 0 bridgehead atoms. The lowest BCUT2D eigenvalue weighted by atomic mass is 10.2. The van der Waals surface area contributed by atoms with E-state index in [2.05, 4.69) is 27.4 Å². The van der Waals surface area contributed by atoms with Crippen molar-refractivity contribution in [2.24, 2.45) is 0 Å². The third kappa shape index (κ3) is 2.69. The average molecular weight is 258 g/mol. The lowest BCUT2D eigenvalue weighted by Crippen LogP contribution is -2.19. The summed E-state index contributed by atoms with van der Waals surface area (Å²) in [5.41, 5.74) is 0.698. The van der Waals surface area contributed by atoms with E-state index in [0.717, 1.165) is 0 Å². The average Bonchev–Trinajstić information content (AvgIpc) is 2.77. The lowest BCUT2D eigenvalue weighted by Gasteiger charge is -1.92. The number of para-hydroxylation sites is 1. The van der Waals surface area contributed by atoms with Gasteiger partial charge in [0.1, 0.15) is 5.69 Å². The normalized spacial score (nSPS) is 9.74. The zero-order chi connectivity index (χ0) is 13.8. The molecule has 0 atom stereocenters.